The van der Waals surface area contributed by atoms with Crippen LogP contribution in [0.5, 0.6) is 0 Å². The molecule has 1 rings (SSSR count). The summed E-state index contributed by atoms with van der Waals surface area (Å²) in [6.07, 6.45) is 1.46. The molecule has 1 aromatic carbocycles. The third kappa shape index (κ3) is 2.24. The molecule has 78 valence electrons. The molecular weight excluding hydrogens is 199 g/mol. The standard InChI is InChI=1S/C10H15O3P/c1-3-8-6-5-7-10(9(8)4-2)14(11,12)13/h5-7H,3-4H2,1-2H3,(H2,11,12,13). The first-order chi connectivity index (χ1) is 6.50. The number of hydrogen-bond acceptors (Lipinski definition) is 1. The lowest BCUT2D eigenvalue weighted by Gasteiger charge is -2.13. The van der Waals surface area contributed by atoms with Gasteiger partial charge in [0.1, 0.15) is 0 Å². The Labute approximate surface area is 83.9 Å². The Morgan fingerprint density at radius 1 is 1.21 bits per heavy atom. The van der Waals surface area contributed by atoms with E-state index in [2.05, 4.69) is 0 Å². The van der Waals surface area contributed by atoms with Crippen LogP contribution in [0.4, 0.5) is 0 Å². The Morgan fingerprint density at radius 2 is 1.86 bits per heavy atom. The first-order valence-electron chi connectivity index (χ1n) is 4.67. The van der Waals surface area contributed by atoms with Crippen molar-refractivity contribution in [2.45, 2.75) is 26.7 Å². The van der Waals surface area contributed by atoms with Gasteiger partial charge in [-0.3, -0.25) is 4.57 Å². The van der Waals surface area contributed by atoms with Gasteiger partial charge in [0.25, 0.3) is 0 Å². The Kier molecular flexibility index (Phi) is 3.48. The fraction of sp³-hybridized carbons (Fsp3) is 0.400. The third-order valence-electron chi connectivity index (χ3n) is 2.30. The lowest BCUT2D eigenvalue weighted by Crippen LogP contribution is -2.12. The molecule has 14 heavy (non-hydrogen) atoms. The molecule has 3 nitrogen and oxygen atoms in total. The molecule has 0 spiro atoms. The molecule has 1 aromatic rings. The molecule has 0 unspecified atom stereocenters. The molecular formula is C10H15O3P. The van der Waals surface area contributed by atoms with E-state index in [4.69, 9.17) is 9.79 Å². The molecule has 0 amide bonds. The highest BCUT2D eigenvalue weighted by molar-refractivity contribution is 7.60. The van der Waals surface area contributed by atoms with Gasteiger partial charge in [-0.15, -0.1) is 0 Å². The van der Waals surface area contributed by atoms with Crippen molar-refractivity contribution in [3.63, 3.8) is 0 Å². The minimum absolute atomic E-state index is 0.180. The molecule has 0 saturated carbocycles. The predicted molar refractivity (Wildman–Crippen MR) is 56.9 cm³/mol. The van der Waals surface area contributed by atoms with E-state index in [0.29, 0.717) is 6.42 Å². The zero-order valence-electron chi connectivity index (χ0n) is 8.40. The highest BCUT2D eigenvalue weighted by Crippen LogP contribution is 2.35. The van der Waals surface area contributed by atoms with Crippen molar-refractivity contribution in [3.05, 3.63) is 29.3 Å². The summed E-state index contributed by atoms with van der Waals surface area (Å²) in [5.74, 6) is 0. The molecule has 0 fully saturated rings. The minimum atomic E-state index is -4.11. The van der Waals surface area contributed by atoms with Crippen LogP contribution in [-0.4, -0.2) is 9.79 Å². The summed E-state index contributed by atoms with van der Waals surface area (Å²) >= 11 is 0. The summed E-state index contributed by atoms with van der Waals surface area (Å²) in [7, 11) is -4.11. The number of benzene rings is 1. The maximum Gasteiger partial charge on any atom is 0.356 e. The van der Waals surface area contributed by atoms with Gasteiger partial charge in [-0.2, -0.15) is 0 Å². The molecule has 0 heterocycles. The van der Waals surface area contributed by atoms with Crippen molar-refractivity contribution in [1.29, 1.82) is 0 Å². The molecule has 0 aromatic heterocycles. The highest BCUT2D eigenvalue weighted by Gasteiger charge is 2.21. The van der Waals surface area contributed by atoms with Gasteiger partial charge in [-0.1, -0.05) is 26.0 Å². The van der Waals surface area contributed by atoms with Crippen LogP contribution in [0.15, 0.2) is 18.2 Å². The SMILES string of the molecule is CCc1cccc(P(=O)(O)O)c1CC. The van der Waals surface area contributed by atoms with E-state index in [1.165, 1.54) is 6.07 Å². The second kappa shape index (κ2) is 4.26. The maximum absolute atomic E-state index is 11.2. The van der Waals surface area contributed by atoms with Gasteiger partial charge < -0.3 is 9.79 Å². The summed E-state index contributed by atoms with van der Waals surface area (Å²) in [4.78, 5) is 18.3. The van der Waals surface area contributed by atoms with Crippen molar-refractivity contribution < 1.29 is 14.4 Å². The van der Waals surface area contributed by atoms with E-state index >= 15 is 0 Å². The number of aryl methyl sites for hydroxylation is 1. The molecule has 0 atom stereocenters. The molecule has 4 heteroatoms. The van der Waals surface area contributed by atoms with Gasteiger partial charge in [0.05, 0.1) is 5.30 Å². The largest absolute Gasteiger partial charge is 0.356 e. The minimum Gasteiger partial charge on any atom is -0.321 e. The highest BCUT2D eigenvalue weighted by atomic mass is 31.2. The van der Waals surface area contributed by atoms with E-state index in [1.54, 1.807) is 6.07 Å². The summed E-state index contributed by atoms with van der Waals surface area (Å²) in [5.41, 5.74) is 1.82. The van der Waals surface area contributed by atoms with Gasteiger partial charge in [0.2, 0.25) is 0 Å². The second-order valence-electron chi connectivity index (χ2n) is 3.17. The first-order valence-corrected chi connectivity index (χ1v) is 6.28. The van der Waals surface area contributed by atoms with E-state index in [-0.39, 0.29) is 5.30 Å². The van der Waals surface area contributed by atoms with Crippen LogP contribution in [0.2, 0.25) is 0 Å². The van der Waals surface area contributed by atoms with Crippen molar-refractivity contribution in [1.82, 2.24) is 0 Å². The molecule has 0 aliphatic carbocycles. The monoisotopic (exact) mass is 214 g/mol. The molecule has 2 N–H and O–H groups in total. The summed E-state index contributed by atoms with van der Waals surface area (Å²) in [6, 6.07) is 5.13. The van der Waals surface area contributed by atoms with Gasteiger partial charge in [-0.25, -0.2) is 0 Å². The van der Waals surface area contributed by atoms with Crippen LogP contribution in [0, 0.1) is 0 Å². The average molecular weight is 214 g/mol. The van der Waals surface area contributed by atoms with Crippen LogP contribution in [-0.2, 0) is 17.4 Å². The van der Waals surface area contributed by atoms with Crippen molar-refractivity contribution in [2.24, 2.45) is 0 Å². The van der Waals surface area contributed by atoms with E-state index in [9.17, 15) is 4.57 Å². The zero-order chi connectivity index (χ0) is 10.8. The molecule has 0 aliphatic heterocycles. The lowest BCUT2D eigenvalue weighted by molar-refractivity contribution is 0.387. The smallest absolute Gasteiger partial charge is 0.321 e. The van der Waals surface area contributed by atoms with Crippen molar-refractivity contribution >= 4 is 12.9 Å². The predicted octanol–water partition coefficient (Wildman–Crippen LogP) is 1.61. The summed E-state index contributed by atoms with van der Waals surface area (Å²) in [5, 5.41) is 0.180. The molecule has 0 saturated heterocycles. The van der Waals surface area contributed by atoms with Crippen molar-refractivity contribution in [3.8, 4) is 0 Å². The first kappa shape index (κ1) is 11.4. The number of rotatable bonds is 3. The second-order valence-corrected chi connectivity index (χ2v) is 4.74. The van der Waals surface area contributed by atoms with Gasteiger partial charge in [0.15, 0.2) is 0 Å². The van der Waals surface area contributed by atoms with Crippen molar-refractivity contribution in [2.75, 3.05) is 0 Å². The van der Waals surface area contributed by atoms with Gasteiger partial charge in [-0.05, 0) is 30.0 Å². The van der Waals surface area contributed by atoms with Crippen LogP contribution < -0.4 is 5.30 Å². The fourth-order valence-electron chi connectivity index (χ4n) is 1.63. The molecule has 0 radical (unpaired) electrons. The lowest BCUT2D eigenvalue weighted by atomic mass is 10.0. The summed E-state index contributed by atoms with van der Waals surface area (Å²) < 4.78 is 11.2. The molecule has 0 bridgehead atoms. The Balaban J connectivity index is 3.37. The van der Waals surface area contributed by atoms with E-state index < -0.39 is 7.60 Å². The van der Waals surface area contributed by atoms with E-state index in [0.717, 1.165) is 17.5 Å². The Morgan fingerprint density at radius 3 is 2.29 bits per heavy atom. The fourth-order valence-corrected chi connectivity index (χ4v) is 2.57. The van der Waals surface area contributed by atoms with Crippen LogP contribution >= 0.6 is 7.60 Å². The number of hydrogen-bond donors (Lipinski definition) is 2. The third-order valence-corrected chi connectivity index (χ3v) is 3.34. The van der Waals surface area contributed by atoms with Crippen LogP contribution in [0.25, 0.3) is 0 Å². The Hall–Kier alpha value is -0.630. The zero-order valence-corrected chi connectivity index (χ0v) is 9.29. The van der Waals surface area contributed by atoms with Crippen LogP contribution in [0.3, 0.4) is 0 Å². The normalized spacial score (nSPS) is 11.7. The van der Waals surface area contributed by atoms with Gasteiger partial charge >= 0.3 is 7.60 Å². The topological polar surface area (TPSA) is 57.5 Å². The van der Waals surface area contributed by atoms with Gasteiger partial charge in [0, 0.05) is 0 Å². The average Bonchev–Trinajstić information content (AvgIpc) is 2.15. The molecule has 0 aliphatic rings. The quantitative estimate of drug-likeness (QED) is 0.751. The van der Waals surface area contributed by atoms with Crippen LogP contribution in [0.1, 0.15) is 25.0 Å². The Bertz CT molecular complexity index is 368. The van der Waals surface area contributed by atoms with E-state index in [1.807, 2.05) is 19.9 Å². The maximum atomic E-state index is 11.2. The summed E-state index contributed by atoms with van der Waals surface area (Å²) in [6.45, 7) is 3.89.